The smallest absolute Gasteiger partial charge is 0.726 e. The number of nitrogens with zero attached hydrogens (tertiary/aromatic N) is 1. The molecule has 2 heterocycles. The van der Waals surface area contributed by atoms with E-state index in [0.717, 1.165) is 13.0 Å². The number of nitro groups is 1. The van der Waals surface area contributed by atoms with Crippen molar-refractivity contribution in [2.24, 2.45) is 0 Å². The second kappa shape index (κ2) is 14.6. The fourth-order valence-electron chi connectivity index (χ4n) is 4.02. The number of hydrogen-bond donors (Lipinski definition) is 6. The van der Waals surface area contributed by atoms with Gasteiger partial charge < -0.3 is 54.3 Å². The van der Waals surface area contributed by atoms with Crippen molar-refractivity contribution in [1.82, 2.24) is 5.32 Å². The first-order valence-corrected chi connectivity index (χ1v) is 12.6. The van der Waals surface area contributed by atoms with Gasteiger partial charge in [-0.05, 0) is 6.07 Å². The van der Waals surface area contributed by atoms with E-state index < -0.39 is 101 Å². The van der Waals surface area contributed by atoms with Crippen LogP contribution >= 0.6 is 0 Å². The zero-order valence-electron chi connectivity index (χ0n) is 21.1. The summed E-state index contributed by atoms with van der Waals surface area (Å²) in [6, 6.07) is 3.64. The van der Waals surface area contributed by atoms with Gasteiger partial charge in [0.1, 0.15) is 48.8 Å². The second-order valence-corrected chi connectivity index (χ2v) is 9.65. The Labute approximate surface area is 249 Å². The molecule has 220 valence electrons. The normalized spacial score (nSPS) is 34.4. The summed E-state index contributed by atoms with van der Waals surface area (Å²) in [6.45, 7) is -0.838. The van der Waals surface area contributed by atoms with E-state index in [1.165, 1.54) is 18.2 Å². The minimum absolute atomic E-state index is 0. The van der Waals surface area contributed by atoms with Gasteiger partial charge in [-0.2, -0.15) is 0 Å². The average molecular weight is 606 g/mol. The standard InChI is InChI=1S/C20H28N2O16S.Na/c1-8(24)21-13-18(38-20-17(28)16(27)14(25)12(37-20)7-34-39(31,32)33)15(26)11(6-23)36-19(13)35-10-5-3-2-4-9(10)22(29)30;/h2-5,11-20,23,25-28H,6-7H2,1H3,(H,21,24)(H,31,32,33);/q;+1/p-1. The van der Waals surface area contributed by atoms with Gasteiger partial charge in [0.25, 0.3) is 0 Å². The van der Waals surface area contributed by atoms with Crippen molar-refractivity contribution in [3.63, 3.8) is 0 Å². The molecule has 2 saturated heterocycles. The third-order valence-corrected chi connectivity index (χ3v) is 6.29. The van der Waals surface area contributed by atoms with Crippen LogP contribution in [0.15, 0.2) is 24.3 Å². The van der Waals surface area contributed by atoms with Gasteiger partial charge in [0.15, 0.2) is 12.0 Å². The van der Waals surface area contributed by atoms with E-state index in [0.29, 0.717) is 0 Å². The van der Waals surface area contributed by atoms with Gasteiger partial charge in [-0.1, -0.05) is 12.1 Å². The van der Waals surface area contributed by atoms with Crippen molar-refractivity contribution in [2.75, 3.05) is 13.2 Å². The van der Waals surface area contributed by atoms with Gasteiger partial charge in [-0.3, -0.25) is 19.1 Å². The zero-order valence-corrected chi connectivity index (χ0v) is 23.9. The molecule has 0 spiro atoms. The van der Waals surface area contributed by atoms with Crippen molar-refractivity contribution in [3.8, 4) is 5.75 Å². The fourth-order valence-corrected chi connectivity index (χ4v) is 4.32. The molecule has 20 heteroatoms. The second-order valence-electron chi connectivity index (χ2n) is 8.59. The first kappa shape index (κ1) is 34.6. The Morgan fingerprint density at radius 3 is 2.25 bits per heavy atom. The quantitative estimate of drug-likeness (QED) is 0.0474. The van der Waals surface area contributed by atoms with Crippen LogP contribution in [0, 0.1) is 10.1 Å². The van der Waals surface area contributed by atoms with E-state index in [9.17, 15) is 53.4 Å². The van der Waals surface area contributed by atoms with Crippen LogP contribution in [-0.2, 0) is 33.6 Å². The van der Waals surface area contributed by atoms with Crippen LogP contribution in [0.5, 0.6) is 5.75 Å². The molecule has 0 bridgehead atoms. The molecule has 1 amide bonds. The number of para-hydroxylation sites is 2. The molecule has 18 nitrogen and oxygen atoms in total. The molecule has 10 unspecified atom stereocenters. The number of aliphatic hydroxyl groups excluding tert-OH is 5. The summed E-state index contributed by atoms with van der Waals surface area (Å²) in [6.07, 6.45) is -16.2. The van der Waals surface area contributed by atoms with E-state index >= 15 is 0 Å². The first-order valence-electron chi connectivity index (χ1n) is 11.3. The number of carbonyl (C=O) groups is 1. The number of hydrogen-bond acceptors (Lipinski definition) is 16. The number of ether oxygens (including phenoxy) is 4. The number of aliphatic hydroxyl groups is 5. The third-order valence-electron chi connectivity index (χ3n) is 5.86. The molecule has 10 atom stereocenters. The SMILES string of the molecule is CC(=O)NC1C(Oc2ccccc2[N+](=O)[O-])OC(CO)C(O)C1OC1OC(COS(=O)(=O)[O-])C(O)C(O)C1O.[Na+]. The van der Waals surface area contributed by atoms with Crippen LogP contribution in [0.3, 0.4) is 0 Å². The summed E-state index contributed by atoms with van der Waals surface area (Å²) in [4.78, 5) is 22.7. The molecule has 1 aromatic carbocycles. The monoisotopic (exact) mass is 606 g/mol. The zero-order chi connectivity index (χ0) is 29.1. The predicted octanol–water partition coefficient (Wildman–Crippen LogP) is -6.77. The van der Waals surface area contributed by atoms with Gasteiger partial charge in [0, 0.05) is 13.0 Å². The Morgan fingerprint density at radius 1 is 1.05 bits per heavy atom. The number of nitro benzene ring substituents is 1. The minimum Gasteiger partial charge on any atom is -0.726 e. The Kier molecular flexibility index (Phi) is 12.6. The van der Waals surface area contributed by atoms with Crippen molar-refractivity contribution >= 4 is 22.0 Å². The summed E-state index contributed by atoms with van der Waals surface area (Å²) < 4.78 is 58.6. The Morgan fingerprint density at radius 2 is 1.68 bits per heavy atom. The molecule has 40 heavy (non-hydrogen) atoms. The molecule has 1 aromatic rings. The molecule has 6 N–H and O–H groups in total. The van der Waals surface area contributed by atoms with E-state index in [4.69, 9.17) is 18.9 Å². The molecule has 0 aliphatic carbocycles. The molecular formula is C20H27N2NaO16S. The summed E-state index contributed by atoms with van der Waals surface area (Å²) in [5.74, 6) is -1.02. The Bertz CT molecular complexity index is 1130. The van der Waals surface area contributed by atoms with Crippen LogP contribution < -0.4 is 39.6 Å². The first-order chi connectivity index (χ1) is 18.2. The molecule has 2 aliphatic heterocycles. The van der Waals surface area contributed by atoms with E-state index in [1.807, 2.05) is 0 Å². The van der Waals surface area contributed by atoms with Crippen LogP contribution in [-0.4, -0.2) is 124 Å². The maximum absolute atomic E-state index is 12.0. The third kappa shape index (κ3) is 8.49. The van der Waals surface area contributed by atoms with Gasteiger partial charge in [-0.25, -0.2) is 8.42 Å². The van der Waals surface area contributed by atoms with Crippen molar-refractivity contribution in [3.05, 3.63) is 34.4 Å². The van der Waals surface area contributed by atoms with Crippen molar-refractivity contribution in [1.29, 1.82) is 0 Å². The number of nitrogens with one attached hydrogen (secondary N) is 1. The van der Waals surface area contributed by atoms with Crippen molar-refractivity contribution in [2.45, 2.75) is 68.3 Å². The van der Waals surface area contributed by atoms with Gasteiger partial charge >= 0.3 is 35.2 Å². The van der Waals surface area contributed by atoms with Crippen LogP contribution in [0.1, 0.15) is 6.92 Å². The molecule has 2 aliphatic rings. The largest absolute Gasteiger partial charge is 1.00 e. The molecule has 0 radical (unpaired) electrons. The fraction of sp³-hybridized carbons (Fsp3) is 0.650. The van der Waals surface area contributed by atoms with Crippen LogP contribution in [0.25, 0.3) is 0 Å². The summed E-state index contributed by atoms with van der Waals surface area (Å²) in [7, 11) is -5.23. The summed E-state index contributed by atoms with van der Waals surface area (Å²) in [5.41, 5.74) is -0.480. The maximum Gasteiger partial charge on any atom is 1.00 e. The Hall–Kier alpha value is -1.56. The molecule has 3 rings (SSSR count). The van der Waals surface area contributed by atoms with E-state index in [-0.39, 0.29) is 35.3 Å². The number of benzene rings is 1. The average Bonchev–Trinajstić information content (AvgIpc) is 2.86. The van der Waals surface area contributed by atoms with E-state index in [2.05, 4.69) is 9.50 Å². The molecule has 0 saturated carbocycles. The van der Waals surface area contributed by atoms with E-state index in [1.54, 1.807) is 0 Å². The predicted molar refractivity (Wildman–Crippen MR) is 120 cm³/mol. The van der Waals surface area contributed by atoms with Crippen LogP contribution in [0.4, 0.5) is 5.69 Å². The van der Waals surface area contributed by atoms with Gasteiger partial charge in [-0.15, -0.1) is 0 Å². The number of rotatable bonds is 10. The molecular weight excluding hydrogens is 579 g/mol. The van der Waals surface area contributed by atoms with Gasteiger partial charge in [0.2, 0.25) is 22.6 Å². The summed E-state index contributed by atoms with van der Waals surface area (Å²) in [5, 5.41) is 65.1. The number of amides is 1. The minimum atomic E-state index is -5.23. The van der Waals surface area contributed by atoms with Crippen LogP contribution in [0.2, 0.25) is 0 Å². The summed E-state index contributed by atoms with van der Waals surface area (Å²) >= 11 is 0. The van der Waals surface area contributed by atoms with Crippen molar-refractivity contribution < 1.29 is 101 Å². The number of carbonyl (C=O) groups excluding carboxylic acids is 1. The molecule has 2 fully saturated rings. The maximum atomic E-state index is 12.0. The molecule has 0 aromatic heterocycles. The topological polar surface area (TPSA) is 277 Å². The Balaban J connectivity index is 0.00000560. The van der Waals surface area contributed by atoms with Gasteiger partial charge in [0.05, 0.1) is 18.1 Å².